The van der Waals surface area contributed by atoms with Gasteiger partial charge in [0.25, 0.3) is 5.91 Å². The molecule has 0 spiro atoms. The molecule has 1 aliphatic rings. The molecule has 1 N–H and O–H groups in total. The van der Waals surface area contributed by atoms with Crippen molar-refractivity contribution in [1.29, 1.82) is 0 Å². The van der Waals surface area contributed by atoms with Crippen molar-refractivity contribution in [2.24, 2.45) is 0 Å². The maximum absolute atomic E-state index is 13.2. The second-order valence-electron chi connectivity index (χ2n) is 8.20. The maximum Gasteiger partial charge on any atom is 0.311 e. The first-order valence-electron chi connectivity index (χ1n) is 11.1. The summed E-state index contributed by atoms with van der Waals surface area (Å²) in [4.78, 5) is 38.1. The van der Waals surface area contributed by atoms with Crippen molar-refractivity contribution in [2.75, 3.05) is 13.7 Å². The lowest BCUT2D eigenvalue weighted by Crippen LogP contribution is -2.50. The lowest BCUT2D eigenvalue weighted by molar-refractivity contribution is -0.385. The van der Waals surface area contributed by atoms with Crippen LogP contribution in [0.15, 0.2) is 46.9 Å². The van der Waals surface area contributed by atoms with Crippen LogP contribution < -0.4 is 14.8 Å². The van der Waals surface area contributed by atoms with Crippen LogP contribution in [0.1, 0.15) is 38.2 Å². The highest BCUT2D eigenvalue weighted by Crippen LogP contribution is 2.30. The van der Waals surface area contributed by atoms with E-state index in [1.54, 1.807) is 6.92 Å². The van der Waals surface area contributed by atoms with Crippen LogP contribution in [0, 0.1) is 10.1 Å². The van der Waals surface area contributed by atoms with Gasteiger partial charge in [0.05, 0.1) is 12.0 Å². The van der Waals surface area contributed by atoms with E-state index in [0.29, 0.717) is 0 Å². The van der Waals surface area contributed by atoms with Gasteiger partial charge in [-0.15, -0.1) is 0 Å². The summed E-state index contributed by atoms with van der Waals surface area (Å²) in [5, 5.41) is 14.1. The summed E-state index contributed by atoms with van der Waals surface area (Å²) < 4.78 is 11.5. The van der Waals surface area contributed by atoms with E-state index in [2.05, 4.69) is 21.2 Å². The smallest absolute Gasteiger partial charge is 0.311 e. The van der Waals surface area contributed by atoms with Gasteiger partial charge < -0.3 is 19.7 Å². The number of halogens is 1. The molecule has 9 nitrogen and oxygen atoms in total. The molecule has 0 heterocycles. The number of benzene rings is 2. The highest BCUT2D eigenvalue weighted by Gasteiger charge is 2.29. The standard InChI is InChI=1S/C24H28BrN3O6/c1-16(24(30)26-19-8-3-4-9-19)27(14-17-6-5-7-18(25)12-17)23(29)15-34-20-10-11-21(28(31)32)22(13-20)33-2/h5-7,10-13,16,19H,3-4,8-9,14-15H2,1-2H3,(H,26,30)/t16-/m0/s1. The van der Waals surface area contributed by atoms with Gasteiger partial charge in [0.1, 0.15) is 11.8 Å². The summed E-state index contributed by atoms with van der Waals surface area (Å²) >= 11 is 3.44. The van der Waals surface area contributed by atoms with Crippen molar-refractivity contribution in [3.05, 3.63) is 62.6 Å². The zero-order chi connectivity index (χ0) is 24.7. The predicted molar refractivity (Wildman–Crippen MR) is 130 cm³/mol. The van der Waals surface area contributed by atoms with Crippen LogP contribution in [0.2, 0.25) is 0 Å². The summed E-state index contributed by atoms with van der Waals surface area (Å²) in [6.07, 6.45) is 4.07. The fourth-order valence-corrected chi connectivity index (χ4v) is 4.38. The molecule has 0 unspecified atom stereocenters. The van der Waals surface area contributed by atoms with Crippen molar-refractivity contribution in [2.45, 2.75) is 51.2 Å². The van der Waals surface area contributed by atoms with Gasteiger partial charge in [-0.2, -0.15) is 0 Å². The first-order valence-corrected chi connectivity index (χ1v) is 11.9. The molecule has 1 fully saturated rings. The summed E-state index contributed by atoms with van der Waals surface area (Å²) in [5.74, 6) is -0.301. The molecule has 3 rings (SSSR count). The van der Waals surface area contributed by atoms with E-state index < -0.39 is 11.0 Å². The summed E-state index contributed by atoms with van der Waals surface area (Å²) in [6, 6.07) is 11.0. The largest absolute Gasteiger partial charge is 0.490 e. The minimum Gasteiger partial charge on any atom is -0.490 e. The Morgan fingerprint density at radius 1 is 1.24 bits per heavy atom. The average molecular weight is 534 g/mol. The zero-order valence-electron chi connectivity index (χ0n) is 19.2. The maximum atomic E-state index is 13.2. The summed E-state index contributed by atoms with van der Waals surface area (Å²) in [7, 11) is 1.32. The van der Waals surface area contributed by atoms with Crippen LogP contribution in [-0.2, 0) is 16.1 Å². The minimum atomic E-state index is -0.706. The molecular formula is C24H28BrN3O6. The molecule has 2 amide bonds. The van der Waals surface area contributed by atoms with Gasteiger partial charge in [0.15, 0.2) is 6.61 Å². The molecule has 10 heteroatoms. The molecule has 0 bridgehead atoms. The van der Waals surface area contributed by atoms with Crippen molar-refractivity contribution in [3.8, 4) is 11.5 Å². The lowest BCUT2D eigenvalue weighted by atomic mass is 10.1. The first-order chi connectivity index (χ1) is 16.3. The van der Waals surface area contributed by atoms with Crippen molar-refractivity contribution in [1.82, 2.24) is 10.2 Å². The van der Waals surface area contributed by atoms with Gasteiger partial charge >= 0.3 is 5.69 Å². The normalized spacial score (nSPS) is 14.3. The third-order valence-electron chi connectivity index (χ3n) is 5.82. The fraction of sp³-hybridized carbons (Fsp3) is 0.417. The van der Waals surface area contributed by atoms with Crippen molar-refractivity contribution < 1.29 is 24.0 Å². The van der Waals surface area contributed by atoms with E-state index in [4.69, 9.17) is 9.47 Å². The Balaban J connectivity index is 1.74. The van der Waals surface area contributed by atoms with Gasteiger partial charge in [-0.1, -0.05) is 40.9 Å². The number of carbonyl (C=O) groups is 2. The number of ether oxygens (including phenoxy) is 2. The Kier molecular flexibility index (Phi) is 8.86. The fourth-order valence-electron chi connectivity index (χ4n) is 3.93. The van der Waals surface area contributed by atoms with Crippen molar-refractivity contribution in [3.63, 3.8) is 0 Å². The third-order valence-corrected chi connectivity index (χ3v) is 6.31. The number of nitro benzene ring substituents is 1. The van der Waals surface area contributed by atoms with E-state index in [9.17, 15) is 19.7 Å². The van der Waals surface area contributed by atoms with E-state index in [0.717, 1.165) is 35.7 Å². The minimum absolute atomic E-state index is 0.0326. The lowest BCUT2D eigenvalue weighted by Gasteiger charge is -2.29. The van der Waals surface area contributed by atoms with Gasteiger partial charge in [0.2, 0.25) is 11.7 Å². The quantitative estimate of drug-likeness (QED) is 0.361. The average Bonchev–Trinajstić information content (AvgIpc) is 3.33. The second kappa shape index (κ2) is 11.8. The molecular weight excluding hydrogens is 506 g/mol. The van der Waals surface area contributed by atoms with Gasteiger partial charge in [-0.25, -0.2) is 0 Å². The zero-order valence-corrected chi connectivity index (χ0v) is 20.7. The number of carbonyl (C=O) groups excluding carboxylic acids is 2. The van der Waals surface area contributed by atoms with Crippen LogP contribution in [0.5, 0.6) is 11.5 Å². The summed E-state index contributed by atoms with van der Waals surface area (Å²) in [6.45, 7) is 1.59. The molecule has 1 atom stereocenters. The Morgan fingerprint density at radius 3 is 2.62 bits per heavy atom. The molecule has 34 heavy (non-hydrogen) atoms. The van der Waals surface area contributed by atoms with E-state index in [-0.39, 0.29) is 48.2 Å². The molecule has 1 aliphatic carbocycles. The molecule has 0 radical (unpaired) electrons. The predicted octanol–water partition coefficient (Wildman–Crippen LogP) is 4.22. The van der Waals surface area contributed by atoms with Crippen LogP contribution in [0.25, 0.3) is 0 Å². The Hall–Kier alpha value is -3.14. The number of nitrogens with zero attached hydrogens (tertiary/aromatic N) is 2. The molecule has 0 saturated heterocycles. The molecule has 1 saturated carbocycles. The molecule has 182 valence electrons. The van der Waals surface area contributed by atoms with Crippen LogP contribution >= 0.6 is 15.9 Å². The SMILES string of the molecule is COc1cc(OCC(=O)N(Cc2cccc(Br)c2)[C@@H](C)C(=O)NC2CCCC2)ccc1[N+](=O)[O-]. The first kappa shape index (κ1) is 25.5. The van der Waals surface area contributed by atoms with Crippen LogP contribution in [0.3, 0.4) is 0 Å². The molecule has 0 aromatic heterocycles. The number of nitro groups is 1. The van der Waals surface area contributed by atoms with Crippen LogP contribution in [0.4, 0.5) is 5.69 Å². The number of rotatable bonds is 10. The number of methoxy groups -OCH3 is 1. The summed E-state index contributed by atoms with van der Waals surface area (Å²) in [5.41, 5.74) is 0.662. The Bertz CT molecular complexity index is 1040. The second-order valence-corrected chi connectivity index (χ2v) is 9.11. The Morgan fingerprint density at radius 2 is 1.97 bits per heavy atom. The number of hydrogen-bond acceptors (Lipinski definition) is 6. The highest BCUT2D eigenvalue weighted by molar-refractivity contribution is 9.10. The van der Waals surface area contributed by atoms with E-state index in [1.807, 2.05) is 24.3 Å². The van der Waals surface area contributed by atoms with E-state index in [1.165, 1.54) is 30.2 Å². The Labute approximate surface area is 206 Å². The molecule has 2 aromatic rings. The highest BCUT2D eigenvalue weighted by atomic mass is 79.9. The van der Waals surface area contributed by atoms with Gasteiger partial charge in [-0.05, 0) is 43.5 Å². The van der Waals surface area contributed by atoms with E-state index >= 15 is 0 Å². The number of nitrogens with one attached hydrogen (secondary N) is 1. The molecule has 2 aromatic carbocycles. The van der Waals surface area contributed by atoms with Gasteiger partial charge in [0, 0.05) is 29.2 Å². The topological polar surface area (TPSA) is 111 Å². The van der Waals surface area contributed by atoms with Crippen LogP contribution in [-0.4, -0.2) is 47.4 Å². The van der Waals surface area contributed by atoms with Crippen molar-refractivity contribution >= 4 is 33.4 Å². The number of hydrogen-bond donors (Lipinski definition) is 1. The molecule has 0 aliphatic heterocycles. The third kappa shape index (κ3) is 6.69. The number of amides is 2. The van der Waals surface area contributed by atoms with Gasteiger partial charge in [-0.3, -0.25) is 19.7 Å². The monoisotopic (exact) mass is 533 g/mol.